The highest BCUT2D eigenvalue weighted by atomic mass is 16.5. The average molecular weight is 220 g/mol. The van der Waals surface area contributed by atoms with Gasteiger partial charge in [0.05, 0.1) is 7.11 Å². The van der Waals surface area contributed by atoms with Crippen molar-refractivity contribution in [2.24, 2.45) is 0 Å². The van der Waals surface area contributed by atoms with Crippen LogP contribution in [0.15, 0.2) is 28.8 Å². The highest BCUT2D eigenvalue weighted by molar-refractivity contribution is 5.39. The van der Waals surface area contributed by atoms with E-state index < -0.39 is 0 Å². The largest absolute Gasteiger partial charge is 0.493 e. The number of aromatic nitrogens is 2. The van der Waals surface area contributed by atoms with E-state index in [4.69, 9.17) is 14.0 Å². The smallest absolute Gasteiger partial charge is 0.264 e. The predicted octanol–water partition coefficient (Wildman–Crippen LogP) is 1.97. The fourth-order valence-electron chi connectivity index (χ4n) is 1.28. The molecule has 0 N–H and O–H groups in total. The van der Waals surface area contributed by atoms with Crippen LogP contribution in [0.1, 0.15) is 11.7 Å². The Hall–Kier alpha value is -2.04. The molecule has 84 valence electrons. The first-order valence-electron chi connectivity index (χ1n) is 4.84. The Balaban J connectivity index is 2.04. The summed E-state index contributed by atoms with van der Waals surface area (Å²) in [6.07, 6.45) is 0. The van der Waals surface area contributed by atoms with Crippen LogP contribution < -0.4 is 9.47 Å². The molecule has 0 spiro atoms. The molecule has 5 heteroatoms. The van der Waals surface area contributed by atoms with E-state index in [1.165, 1.54) is 0 Å². The number of hydrogen-bond acceptors (Lipinski definition) is 5. The third kappa shape index (κ3) is 2.31. The number of ether oxygens (including phenoxy) is 2. The van der Waals surface area contributed by atoms with Crippen molar-refractivity contribution < 1.29 is 14.0 Å². The Labute approximate surface area is 93.0 Å². The van der Waals surface area contributed by atoms with Crippen molar-refractivity contribution in [3.8, 4) is 11.5 Å². The molecule has 0 aliphatic carbocycles. The minimum atomic E-state index is 0.237. The monoisotopic (exact) mass is 220 g/mol. The van der Waals surface area contributed by atoms with Gasteiger partial charge in [0.25, 0.3) is 5.89 Å². The molecule has 2 aromatic rings. The van der Waals surface area contributed by atoms with Crippen LogP contribution in [0, 0.1) is 6.92 Å². The highest BCUT2D eigenvalue weighted by Gasteiger charge is 2.06. The fourth-order valence-corrected chi connectivity index (χ4v) is 1.28. The fraction of sp³-hybridized carbons (Fsp3) is 0.273. The third-order valence-corrected chi connectivity index (χ3v) is 1.99. The van der Waals surface area contributed by atoms with E-state index in [1.807, 2.05) is 24.3 Å². The summed E-state index contributed by atoms with van der Waals surface area (Å²) in [7, 11) is 1.60. The van der Waals surface area contributed by atoms with Crippen molar-refractivity contribution in [1.82, 2.24) is 10.1 Å². The number of benzene rings is 1. The van der Waals surface area contributed by atoms with E-state index in [-0.39, 0.29) is 6.61 Å². The summed E-state index contributed by atoms with van der Waals surface area (Å²) in [4.78, 5) is 4.04. The summed E-state index contributed by atoms with van der Waals surface area (Å²) in [5.74, 6) is 2.38. The van der Waals surface area contributed by atoms with Gasteiger partial charge in [-0.2, -0.15) is 4.98 Å². The van der Waals surface area contributed by atoms with Gasteiger partial charge in [-0.1, -0.05) is 17.3 Å². The highest BCUT2D eigenvalue weighted by Crippen LogP contribution is 2.26. The number of aryl methyl sites for hydroxylation is 1. The second kappa shape index (κ2) is 4.65. The average Bonchev–Trinajstić information content (AvgIpc) is 2.73. The lowest BCUT2D eigenvalue weighted by molar-refractivity contribution is 0.233. The van der Waals surface area contributed by atoms with E-state index >= 15 is 0 Å². The van der Waals surface area contributed by atoms with Crippen LogP contribution in [-0.2, 0) is 6.61 Å². The lowest BCUT2D eigenvalue weighted by Gasteiger charge is -2.07. The minimum Gasteiger partial charge on any atom is -0.493 e. The molecule has 0 fully saturated rings. The molecule has 1 aromatic heterocycles. The minimum absolute atomic E-state index is 0.237. The number of para-hydroxylation sites is 2. The molecule has 0 unspecified atom stereocenters. The molecule has 16 heavy (non-hydrogen) atoms. The van der Waals surface area contributed by atoms with Crippen LogP contribution in [0.3, 0.4) is 0 Å². The van der Waals surface area contributed by atoms with Gasteiger partial charge >= 0.3 is 0 Å². The molecule has 0 saturated carbocycles. The van der Waals surface area contributed by atoms with Gasteiger partial charge in [-0.05, 0) is 19.1 Å². The number of hydrogen-bond donors (Lipinski definition) is 0. The van der Waals surface area contributed by atoms with Crippen LogP contribution in [-0.4, -0.2) is 17.3 Å². The summed E-state index contributed by atoms with van der Waals surface area (Å²) in [5.41, 5.74) is 0. The number of nitrogens with zero attached hydrogens (tertiary/aromatic N) is 2. The van der Waals surface area contributed by atoms with Crippen LogP contribution in [0.2, 0.25) is 0 Å². The third-order valence-electron chi connectivity index (χ3n) is 1.99. The van der Waals surface area contributed by atoms with Gasteiger partial charge in [0.2, 0.25) is 0 Å². The Kier molecular flexibility index (Phi) is 3.05. The topological polar surface area (TPSA) is 57.4 Å². The van der Waals surface area contributed by atoms with Crippen LogP contribution in [0.4, 0.5) is 0 Å². The normalized spacial score (nSPS) is 10.1. The van der Waals surface area contributed by atoms with Gasteiger partial charge in [0.1, 0.15) is 0 Å². The number of rotatable bonds is 4. The van der Waals surface area contributed by atoms with Crippen molar-refractivity contribution in [1.29, 1.82) is 0 Å². The zero-order chi connectivity index (χ0) is 11.4. The molecule has 0 saturated heterocycles. The Morgan fingerprint density at radius 1 is 1.25 bits per heavy atom. The second-order valence-corrected chi connectivity index (χ2v) is 3.17. The predicted molar refractivity (Wildman–Crippen MR) is 56.4 cm³/mol. The molecule has 2 rings (SSSR count). The molecule has 0 bridgehead atoms. The van der Waals surface area contributed by atoms with Gasteiger partial charge in [-0.25, -0.2) is 0 Å². The maximum atomic E-state index is 5.51. The van der Waals surface area contributed by atoms with Crippen molar-refractivity contribution in [3.05, 3.63) is 36.0 Å². The molecule has 0 aliphatic heterocycles. The molecule has 1 aromatic carbocycles. The van der Waals surface area contributed by atoms with Crippen LogP contribution >= 0.6 is 0 Å². The van der Waals surface area contributed by atoms with Crippen molar-refractivity contribution in [2.75, 3.05) is 7.11 Å². The van der Waals surface area contributed by atoms with Gasteiger partial charge in [0, 0.05) is 0 Å². The molecule has 0 radical (unpaired) electrons. The second-order valence-electron chi connectivity index (χ2n) is 3.17. The first kappa shape index (κ1) is 10.5. The van der Waals surface area contributed by atoms with Gasteiger partial charge < -0.3 is 14.0 Å². The molecular formula is C11H12N2O3. The first-order chi connectivity index (χ1) is 7.79. The SMILES string of the molecule is COc1ccccc1OCc1nc(C)no1. The van der Waals surface area contributed by atoms with E-state index in [9.17, 15) is 0 Å². The van der Waals surface area contributed by atoms with Gasteiger partial charge in [-0.15, -0.1) is 0 Å². The van der Waals surface area contributed by atoms with Crippen molar-refractivity contribution in [3.63, 3.8) is 0 Å². The molecule has 1 heterocycles. The van der Waals surface area contributed by atoms with Crippen LogP contribution in [0.5, 0.6) is 11.5 Å². The Morgan fingerprint density at radius 2 is 2.00 bits per heavy atom. The van der Waals surface area contributed by atoms with E-state index in [2.05, 4.69) is 10.1 Å². The lowest BCUT2D eigenvalue weighted by Crippen LogP contribution is -1.97. The zero-order valence-electron chi connectivity index (χ0n) is 9.14. The van der Waals surface area contributed by atoms with Gasteiger partial charge in [0.15, 0.2) is 23.9 Å². The summed E-state index contributed by atoms with van der Waals surface area (Å²) in [5, 5.41) is 3.67. The van der Waals surface area contributed by atoms with E-state index in [0.717, 1.165) is 0 Å². The van der Waals surface area contributed by atoms with E-state index in [0.29, 0.717) is 23.2 Å². The lowest BCUT2D eigenvalue weighted by atomic mass is 10.3. The van der Waals surface area contributed by atoms with Crippen molar-refractivity contribution in [2.45, 2.75) is 13.5 Å². The van der Waals surface area contributed by atoms with Crippen molar-refractivity contribution >= 4 is 0 Å². The molecule has 0 aliphatic rings. The molecule has 0 atom stereocenters. The summed E-state index contributed by atoms with van der Waals surface area (Å²) < 4.78 is 15.6. The summed E-state index contributed by atoms with van der Waals surface area (Å²) in [6, 6.07) is 7.40. The van der Waals surface area contributed by atoms with E-state index in [1.54, 1.807) is 14.0 Å². The first-order valence-corrected chi connectivity index (χ1v) is 4.84. The zero-order valence-corrected chi connectivity index (χ0v) is 9.14. The molecule has 5 nitrogen and oxygen atoms in total. The Bertz CT molecular complexity index is 468. The maximum Gasteiger partial charge on any atom is 0.264 e. The molecular weight excluding hydrogens is 208 g/mol. The van der Waals surface area contributed by atoms with Crippen LogP contribution in [0.25, 0.3) is 0 Å². The quantitative estimate of drug-likeness (QED) is 0.788. The summed E-state index contributed by atoms with van der Waals surface area (Å²) >= 11 is 0. The Morgan fingerprint density at radius 3 is 2.62 bits per heavy atom. The maximum absolute atomic E-state index is 5.51. The van der Waals surface area contributed by atoms with Gasteiger partial charge in [-0.3, -0.25) is 0 Å². The number of methoxy groups -OCH3 is 1. The molecule has 0 amide bonds. The standard InChI is InChI=1S/C11H12N2O3/c1-8-12-11(16-13-8)7-15-10-6-4-3-5-9(10)14-2/h3-6H,7H2,1-2H3. The summed E-state index contributed by atoms with van der Waals surface area (Å²) in [6.45, 7) is 2.00.